The summed E-state index contributed by atoms with van der Waals surface area (Å²) >= 11 is 1.67. The molecule has 0 spiro atoms. The lowest BCUT2D eigenvalue weighted by Crippen LogP contribution is -2.51. The Balaban J connectivity index is 1.27. The molecule has 3 aromatic rings. The van der Waals surface area contributed by atoms with E-state index < -0.39 is 0 Å². The lowest BCUT2D eigenvalue weighted by atomic mass is 10.3. The van der Waals surface area contributed by atoms with Gasteiger partial charge in [0.15, 0.2) is 16.7 Å². The van der Waals surface area contributed by atoms with Gasteiger partial charge in [-0.25, -0.2) is 15.0 Å². The van der Waals surface area contributed by atoms with Gasteiger partial charge in [-0.05, 0) is 0 Å². The zero-order valence-electron chi connectivity index (χ0n) is 15.1. The van der Waals surface area contributed by atoms with E-state index in [2.05, 4.69) is 40.2 Å². The zero-order valence-corrected chi connectivity index (χ0v) is 15.9. The Labute approximate surface area is 160 Å². The number of nitrogens with two attached hydrogens (primary N) is 1. The van der Waals surface area contributed by atoms with Gasteiger partial charge in [-0.1, -0.05) is 0 Å². The van der Waals surface area contributed by atoms with Crippen molar-refractivity contribution in [3.63, 3.8) is 0 Å². The molecule has 1 aliphatic rings. The fourth-order valence-corrected chi connectivity index (χ4v) is 3.74. The minimum atomic E-state index is 0.574. The van der Waals surface area contributed by atoms with Gasteiger partial charge in [0.1, 0.15) is 12.1 Å². The number of aromatic nitrogens is 5. The van der Waals surface area contributed by atoms with Gasteiger partial charge < -0.3 is 20.9 Å². The van der Waals surface area contributed by atoms with Crippen molar-refractivity contribution in [3.05, 3.63) is 24.1 Å². The minimum Gasteiger partial charge on any atom is -0.370 e. The molecule has 1 aliphatic heterocycles. The monoisotopic (exact) mass is 386 g/mol. The SMILES string of the molecule is Cn1ncc2c(NCCN=C(N)N3CCN(c4nccs4)CC3)ncnc21. The van der Waals surface area contributed by atoms with Gasteiger partial charge in [0.05, 0.1) is 18.1 Å². The molecule has 0 atom stereocenters. The second kappa shape index (κ2) is 7.74. The van der Waals surface area contributed by atoms with Crippen molar-refractivity contribution in [1.82, 2.24) is 29.6 Å². The van der Waals surface area contributed by atoms with Crippen molar-refractivity contribution in [1.29, 1.82) is 0 Å². The van der Waals surface area contributed by atoms with Crippen LogP contribution in [0.2, 0.25) is 0 Å². The molecule has 27 heavy (non-hydrogen) atoms. The van der Waals surface area contributed by atoms with Crippen LogP contribution in [0, 0.1) is 0 Å². The van der Waals surface area contributed by atoms with Crippen LogP contribution in [0.25, 0.3) is 11.0 Å². The molecule has 142 valence electrons. The third-order valence-electron chi connectivity index (χ3n) is 4.50. The van der Waals surface area contributed by atoms with E-state index in [0.717, 1.165) is 48.2 Å². The summed E-state index contributed by atoms with van der Waals surface area (Å²) in [5.41, 5.74) is 6.96. The fourth-order valence-electron chi connectivity index (χ4n) is 3.05. The summed E-state index contributed by atoms with van der Waals surface area (Å²) in [5.74, 6) is 1.35. The topological polar surface area (TPSA) is 113 Å². The number of fused-ring (bicyclic) bond motifs is 1. The molecule has 1 saturated heterocycles. The maximum absolute atomic E-state index is 6.16. The van der Waals surface area contributed by atoms with Crippen molar-refractivity contribution >= 4 is 39.3 Å². The summed E-state index contributed by atoms with van der Waals surface area (Å²) in [7, 11) is 1.86. The smallest absolute Gasteiger partial charge is 0.191 e. The van der Waals surface area contributed by atoms with Gasteiger partial charge in [0.2, 0.25) is 0 Å². The fraction of sp³-hybridized carbons (Fsp3) is 0.438. The summed E-state index contributed by atoms with van der Waals surface area (Å²) in [6.45, 7) is 4.73. The van der Waals surface area contributed by atoms with Crippen LogP contribution in [0.5, 0.6) is 0 Å². The lowest BCUT2D eigenvalue weighted by Gasteiger charge is -2.35. The second-order valence-electron chi connectivity index (χ2n) is 6.18. The summed E-state index contributed by atoms with van der Waals surface area (Å²) in [6.07, 6.45) is 5.13. The van der Waals surface area contributed by atoms with E-state index in [-0.39, 0.29) is 0 Å². The predicted octanol–water partition coefficient (Wildman–Crippen LogP) is 0.369. The average Bonchev–Trinajstić information content (AvgIpc) is 3.36. The van der Waals surface area contributed by atoms with Crippen LogP contribution in [0.15, 0.2) is 29.1 Å². The van der Waals surface area contributed by atoms with E-state index >= 15 is 0 Å². The van der Waals surface area contributed by atoms with Crippen molar-refractivity contribution in [2.45, 2.75) is 0 Å². The molecule has 4 heterocycles. The Bertz CT molecular complexity index is 911. The molecule has 1 fully saturated rings. The molecule has 0 unspecified atom stereocenters. The molecule has 10 nitrogen and oxygen atoms in total. The Morgan fingerprint density at radius 2 is 2.11 bits per heavy atom. The quantitative estimate of drug-likeness (QED) is 0.367. The normalized spacial score (nSPS) is 15.5. The molecule has 0 bridgehead atoms. The lowest BCUT2D eigenvalue weighted by molar-refractivity contribution is 0.381. The number of hydrogen-bond acceptors (Lipinski definition) is 8. The molecule has 3 aromatic heterocycles. The number of rotatable bonds is 5. The van der Waals surface area contributed by atoms with E-state index in [1.807, 2.05) is 18.6 Å². The van der Waals surface area contributed by atoms with Crippen LogP contribution >= 0.6 is 11.3 Å². The standard InChI is InChI=1S/C16H22N10S/c1-24-14-12(10-23-24)13(21-11-22-14)18-2-3-19-15(17)25-5-7-26(8-6-25)16-20-4-9-27-16/h4,9-11H,2-3,5-8H2,1H3,(H2,17,19)(H,18,21,22). The van der Waals surface area contributed by atoms with Crippen molar-refractivity contribution in [2.24, 2.45) is 17.8 Å². The maximum Gasteiger partial charge on any atom is 0.191 e. The van der Waals surface area contributed by atoms with Crippen LogP contribution in [0.3, 0.4) is 0 Å². The molecule has 0 saturated carbocycles. The number of aryl methyl sites for hydroxylation is 1. The summed E-state index contributed by atoms with van der Waals surface area (Å²) < 4.78 is 1.73. The third kappa shape index (κ3) is 3.77. The highest BCUT2D eigenvalue weighted by molar-refractivity contribution is 7.13. The van der Waals surface area contributed by atoms with Crippen LogP contribution in [-0.2, 0) is 7.05 Å². The second-order valence-corrected chi connectivity index (χ2v) is 7.06. The molecule has 11 heteroatoms. The number of hydrogen-bond donors (Lipinski definition) is 2. The van der Waals surface area contributed by atoms with E-state index in [0.29, 0.717) is 19.0 Å². The van der Waals surface area contributed by atoms with Gasteiger partial charge in [-0.3, -0.25) is 9.67 Å². The Hall–Kier alpha value is -2.95. The first kappa shape index (κ1) is 17.5. The Morgan fingerprint density at radius 3 is 2.89 bits per heavy atom. The zero-order chi connectivity index (χ0) is 18.6. The first-order valence-electron chi connectivity index (χ1n) is 8.78. The molecule has 0 aliphatic carbocycles. The highest BCUT2D eigenvalue weighted by Crippen LogP contribution is 2.19. The summed E-state index contributed by atoms with van der Waals surface area (Å²) in [4.78, 5) is 21.8. The maximum atomic E-state index is 6.16. The Morgan fingerprint density at radius 1 is 1.26 bits per heavy atom. The van der Waals surface area contributed by atoms with E-state index in [1.54, 1.807) is 22.2 Å². The number of nitrogens with zero attached hydrogens (tertiary/aromatic N) is 8. The highest BCUT2D eigenvalue weighted by atomic mass is 32.1. The van der Waals surface area contributed by atoms with E-state index in [9.17, 15) is 0 Å². The average molecular weight is 386 g/mol. The van der Waals surface area contributed by atoms with E-state index in [4.69, 9.17) is 5.73 Å². The molecule has 4 rings (SSSR count). The molecular formula is C16H22N10S. The number of aliphatic imine (C=N–C) groups is 1. The minimum absolute atomic E-state index is 0.574. The summed E-state index contributed by atoms with van der Waals surface area (Å²) in [6, 6.07) is 0. The van der Waals surface area contributed by atoms with Gasteiger partial charge in [-0.15, -0.1) is 11.3 Å². The van der Waals surface area contributed by atoms with Crippen molar-refractivity contribution in [2.75, 3.05) is 49.5 Å². The van der Waals surface area contributed by atoms with E-state index in [1.165, 1.54) is 6.33 Å². The number of anilines is 2. The predicted molar refractivity (Wildman–Crippen MR) is 107 cm³/mol. The van der Waals surface area contributed by atoms with Crippen LogP contribution in [0.1, 0.15) is 0 Å². The Kier molecular flexibility index (Phi) is 5.01. The van der Waals surface area contributed by atoms with Gasteiger partial charge in [0.25, 0.3) is 0 Å². The van der Waals surface area contributed by atoms with Gasteiger partial charge in [-0.2, -0.15) is 5.10 Å². The van der Waals surface area contributed by atoms with Crippen molar-refractivity contribution in [3.8, 4) is 0 Å². The molecular weight excluding hydrogens is 364 g/mol. The first-order chi connectivity index (χ1) is 13.2. The number of nitrogens with one attached hydrogen (secondary N) is 1. The highest BCUT2D eigenvalue weighted by Gasteiger charge is 2.19. The van der Waals surface area contributed by atoms with Crippen LogP contribution in [-0.4, -0.2) is 74.9 Å². The largest absolute Gasteiger partial charge is 0.370 e. The summed E-state index contributed by atoms with van der Waals surface area (Å²) in [5, 5.41) is 11.5. The number of thiazole rings is 1. The third-order valence-corrected chi connectivity index (χ3v) is 5.33. The number of piperazine rings is 1. The molecule has 0 radical (unpaired) electrons. The van der Waals surface area contributed by atoms with Gasteiger partial charge in [0, 0.05) is 51.3 Å². The molecule has 0 aromatic carbocycles. The van der Waals surface area contributed by atoms with Crippen LogP contribution < -0.4 is 16.0 Å². The first-order valence-corrected chi connectivity index (χ1v) is 9.66. The number of guanidine groups is 1. The molecule has 3 N–H and O–H groups in total. The molecule has 0 amide bonds. The van der Waals surface area contributed by atoms with Crippen LogP contribution in [0.4, 0.5) is 10.9 Å². The van der Waals surface area contributed by atoms with Gasteiger partial charge >= 0.3 is 0 Å². The van der Waals surface area contributed by atoms with Crippen molar-refractivity contribution < 1.29 is 0 Å².